The van der Waals surface area contributed by atoms with E-state index in [1.807, 2.05) is 30.3 Å². The van der Waals surface area contributed by atoms with Crippen molar-refractivity contribution in [2.75, 3.05) is 0 Å². The van der Waals surface area contributed by atoms with Crippen LogP contribution in [0.25, 0.3) is 55.4 Å². The zero-order chi connectivity index (χ0) is 21.9. The lowest BCUT2D eigenvalue weighted by Crippen LogP contribution is -2.12. The van der Waals surface area contributed by atoms with Crippen LogP contribution in [0.2, 0.25) is 0 Å². The number of hydrogen-bond acceptors (Lipinski definition) is 4. The highest BCUT2D eigenvalue weighted by Gasteiger charge is 2.21. The smallest absolute Gasteiger partial charge is 0.179 e. The number of para-hydroxylation sites is 1. The molecule has 32 heavy (non-hydrogen) atoms. The van der Waals surface area contributed by atoms with Crippen LogP contribution in [-0.2, 0) is 5.41 Å². The zero-order valence-corrected chi connectivity index (χ0v) is 18.2. The van der Waals surface area contributed by atoms with Crippen molar-refractivity contribution in [1.29, 1.82) is 0 Å². The van der Waals surface area contributed by atoms with Gasteiger partial charge in [0.05, 0.1) is 11.8 Å². The molecule has 0 atom stereocenters. The molecule has 0 aliphatic heterocycles. The highest BCUT2D eigenvalue weighted by molar-refractivity contribution is 5.98. The molecular formula is C28H22N2O2. The molecule has 0 aliphatic rings. The van der Waals surface area contributed by atoms with E-state index in [2.05, 4.69) is 67.1 Å². The molecule has 0 fully saturated rings. The fraction of sp³-hybridized carbons (Fsp3) is 0.143. The van der Waals surface area contributed by atoms with Gasteiger partial charge in [-0.1, -0.05) is 57.2 Å². The number of fused-ring (bicyclic) bond motifs is 3. The van der Waals surface area contributed by atoms with Gasteiger partial charge in [0.15, 0.2) is 5.58 Å². The van der Waals surface area contributed by atoms with Crippen LogP contribution in [0.5, 0.6) is 0 Å². The molecule has 6 rings (SSSR count). The van der Waals surface area contributed by atoms with Crippen LogP contribution >= 0.6 is 0 Å². The van der Waals surface area contributed by atoms with E-state index in [0.29, 0.717) is 5.58 Å². The fourth-order valence-corrected chi connectivity index (χ4v) is 4.45. The Kier molecular flexibility index (Phi) is 3.99. The average Bonchev–Trinajstić information content (AvgIpc) is 3.44. The third-order valence-electron chi connectivity index (χ3n) is 6.00. The number of nitrogens with zero attached hydrogens (tertiary/aromatic N) is 2. The molecule has 0 radical (unpaired) electrons. The summed E-state index contributed by atoms with van der Waals surface area (Å²) < 4.78 is 12.1. The maximum atomic E-state index is 6.37. The van der Waals surface area contributed by atoms with Crippen molar-refractivity contribution >= 4 is 32.8 Å². The second-order valence-corrected chi connectivity index (χ2v) is 9.19. The number of furan rings is 2. The van der Waals surface area contributed by atoms with E-state index in [0.717, 1.165) is 39.1 Å². The molecule has 6 aromatic rings. The van der Waals surface area contributed by atoms with Gasteiger partial charge in [-0.2, -0.15) is 0 Å². The van der Waals surface area contributed by atoms with Crippen LogP contribution in [0, 0.1) is 0 Å². The largest absolute Gasteiger partial charge is 0.464 e. The Morgan fingerprint density at radius 2 is 1.62 bits per heavy atom. The molecular weight excluding hydrogens is 396 g/mol. The van der Waals surface area contributed by atoms with Crippen molar-refractivity contribution in [2.24, 2.45) is 0 Å². The van der Waals surface area contributed by atoms with Crippen molar-refractivity contribution < 1.29 is 8.83 Å². The van der Waals surface area contributed by atoms with E-state index in [9.17, 15) is 0 Å². The predicted molar refractivity (Wildman–Crippen MR) is 129 cm³/mol. The van der Waals surface area contributed by atoms with Crippen molar-refractivity contribution in [3.63, 3.8) is 0 Å². The maximum Gasteiger partial charge on any atom is 0.179 e. The van der Waals surface area contributed by atoms with E-state index in [4.69, 9.17) is 8.83 Å². The van der Waals surface area contributed by atoms with Crippen molar-refractivity contribution in [3.05, 3.63) is 84.9 Å². The molecule has 3 aromatic carbocycles. The Hall–Kier alpha value is -3.92. The van der Waals surface area contributed by atoms with E-state index >= 15 is 0 Å². The molecule has 0 bridgehead atoms. The molecule has 0 spiro atoms. The minimum atomic E-state index is -0.00891. The third-order valence-corrected chi connectivity index (χ3v) is 6.00. The van der Waals surface area contributed by atoms with Crippen LogP contribution in [0.4, 0.5) is 0 Å². The first-order valence-corrected chi connectivity index (χ1v) is 10.7. The summed E-state index contributed by atoms with van der Waals surface area (Å²) in [4.78, 5) is 9.12. The first-order valence-electron chi connectivity index (χ1n) is 10.7. The highest BCUT2D eigenvalue weighted by Crippen LogP contribution is 2.38. The Morgan fingerprint density at radius 1 is 0.781 bits per heavy atom. The SMILES string of the molecule is CC(C)(C)c1cc(-c2ncnc3cc(-c4cccc5ccoc45)oc23)cc2ccccc12. The quantitative estimate of drug-likeness (QED) is 0.288. The molecule has 0 N–H and O–H groups in total. The summed E-state index contributed by atoms with van der Waals surface area (Å²) in [5.74, 6) is 0.721. The normalized spacial score (nSPS) is 12.2. The standard InChI is InChI=1S/C28H22N2O2/c1-28(2,3)22-14-19(13-18-7-4-5-9-20(18)22)25-27-23(29-16-30-25)15-24(32-27)21-10-6-8-17-11-12-31-26(17)21/h4-16H,1-3H3. The van der Waals surface area contributed by atoms with Gasteiger partial charge >= 0.3 is 0 Å². The van der Waals surface area contributed by atoms with Gasteiger partial charge in [-0.15, -0.1) is 0 Å². The first kappa shape index (κ1) is 18.8. The van der Waals surface area contributed by atoms with Gasteiger partial charge in [-0.3, -0.25) is 0 Å². The van der Waals surface area contributed by atoms with Gasteiger partial charge in [0.1, 0.15) is 28.9 Å². The van der Waals surface area contributed by atoms with Gasteiger partial charge in [0, 0.05) is 17.0 Å². The minimum Gasteiger partial charge on any atom is -0.464 e. The summed E-state index contributed by atoms with van der Waals surface area (Å²) in [6, 6.07) is 22.9. The van der Waals surface area contributed by atoms with Crippen LogP contribution < -0.4 is 0 Å². The Balaban J connectivity index is 1.60. The minimum absolute atomic E-state index is 0.00891. The summed E-state index contributed by atoms with van der Waals surface area (Å²) in [6.07, 6.45) is 3.31. The van der Waals surface area contributed by atoms with E-state index in [1.54, 1.807) is 12.6 Å². The third kappa shape index (κ3) is 2.91. The van der Waals surface area contributed by atoms with Gasteiger partial charge in [0.2, 0.25) is 0 Å². The summed E-state index contributed by atoms with van der Waals surface area (Å²) in [7, 11) is 0. The molecule has 0 saturated carbocycles. The predicted octanol–water partition coefficient (Wildman–Crippen LogP) is 7.75. The monoisotopic (exact) mass is 418 g/mol. The maximum absolute atomic E-state index is 6.37. The molecule has 3 heterocycles. The molecule has 4 heteroatoms. The topological polar surface area (TPSA) is 52.1 Å². The summed E-state index contributed by atoms with van der Waals surface area (Å²) in [5, 5.41) is 3.49. The van der Waals surface area contributed by atoms with E-state index in [1.165, 1.54) is 16.3 Å². The number of rotatable bonds is 2. The summed E-state index contributed by atoms with van der Waals surface area (Å²) in [6.45, 7) is 6.72. The van der Waals surface area contributed by atoms with Gasteiger partial charge < -0.3 is 8.83 Å². The Labute approximate surface area is 185 Å². The molecule has 0 unspecified atom stereocenters. The average molecular weight is 418 g/mol. The molecule has 4 nitrogen and oxygen atoms in total. The van der Waals surface area contributed by atoms with Crippen LogP contribution in [0.3, 0.4) is 0 Å². The molecule has 3 aromatic heterocycles. The number of benzene rings is 3. The second kappa shape index (κ2) is 6.79. The second-order valence-electron chi connectivity index (χ2n) is 9.19. The van der Waals surface area contributed by atoms with E-state index < -0.39 is 0 Å². The van der Waals surface area contributed by atoms with Crippen molar-refractivity contribution in [2.45, 2.75) is 26.2 Å². The lowest BCUT2D eigenvalue weighted by molar-refractivity contribution is 0.596. The van der Waals surface area contributed by atoms with Crippen LogP contribution in [-0.4, -0.2) is 9.97 Å². The fourth-order valence-electron chi connectivity index (χ4n) is 4.45. The molecule has 0 saturated heterocycles. The number of aromatic nitrogens is 2. The highest BCUT2D eigenvalue weighted by atomic mass is 16.3. The van der Waals surface area contributed by atoms with Gasteiger partial charge in [0.25, 0.3) is 0 Å². The zero-order valence-electron chi connectivity index (χ0n) is 18.2. The van der Waals surface area contributed by atoms with E-state index in [-0.39, 0.29) is 5.41 Å². The number of hydrogen-bond donors (Lipinski definition) is 0. The molecule has 0 amide bonds. The van der Waals surface area contributed by atoms with Gasteiger partial charge in [-0.25, -0.2) is 9.97 Å². The Bertz CT molecular complexity index is 1620. The lowest BCUT2D eigenvalue weighted by atomic mass is 9.82. The summed E-state index contributed by atoms with van der Waals surface area (Å²) in [5.41, 5.74) is 6.27. The lowest BCUT2D eigenvalue weighted by Gasteiger charge is -2.22. The van der Waals surface area contributed by atoms with Crippen LogP contribution in [0.15, 0.2) is 88.2 Å². The first-order chi connectivity index (χ1) is 15.5. The molecule has 156 valence electrons. The Morgan fingerprint density at radius 3 is 2.50 bits per heavy atom. The van der Waals surface area contributed by atoms with Gasteiger partial charge in [-0.05, 0) is 46.0 Å². The van der Waals surface area contributed by atoms with Crippen LogP contribution in [0.1, 0.15) is 26.3 Å². The van der Waals surface area contributed by atoms with Crippen molar-refractivity contribution in [1.82, 2.24) is 9.97 Å². The molecule has 0 aliphatic carbocycles. The summed E-state index contributed by atoms with van der Waals surface area (Å²) >= 11 is 0. The van der Waals surface area contributed by atoms with Crippen molar-refractivity contribution in [3.8, 4) is 22.6 Å².